The lowest BCUT2D eigenvalue weighted by molar-refractivity contribution is -0.129. The van der Waals surface area contributed by atoms with Crippen LogP contribution in [-0.2, 0) is 9.63 Å². The molecular formula is C5H9N3O3. The SMILES string of the molecule is CCO/N=C(\C(=N)N)C(=O)O. The maximum atomic E-state index is 10.2. The van der Waals surface area contributed by atoms with Gasteiger partial charge in [-0.1, -0.05) is 5.16 Å². The first-order chi connectivity index (χ1) is 5.09. The van der Waals surface area contributed by atoms with E-state index in [9.17, 15) is 4.79 Å². The van der Waals surface area contributed by atoms with E-state index in [1.807, 2.05) is 0 Å². The number of amidine groups is 1. The van der Waals surface area contributed by atoms with E-state index in [0.29, 0.717) is 0 Å². The number of aliphatic carboxylic acids is 1. The van der Waals surface area contributed by atoms with Crippen LogP contribution in [0.2, 0.25) is 0 Å². The first kappa shape index (κ1) is 9.41. The summed E-state index contributed by atoms with van der Waals surface area (Å²) in [7, 11) is 0. The highest BCUT2D eigenvalue weighted by atomic mass is 16.6. The maximum Gasteiger partial charge on any atom is 0.361 e. The molecule has 0 aromatic carbocycles. The highest BCUT2D eigenvalue weighted by molar-refractivity contribution is 6.63. The molecule has 0 atom stereocenters. The van der Waals surface area contributed by atoms with Gasteiger partial charge in [0.15, 0.2) is 5.84 Å². The summed E-state index contributed by atoms with van der Waals surface area (Å²) in [4.78, 5) is 14.6. The van der Waals surface area contributed by atoms with E-state index in [2.05, 4.69) is 9.99 Å². The van der Waals surface area contributed by atoms with Crippen LogP contribution in [0.4, 0.5) is 0 Å². The fraction of sp³-hybridized carbons (Fsp3) is 0.400. The van der Waals surface area contributed by atoms with Crippen molar-refractivity contribution in [2.75, 3.05) is 6.61 Å². The quantitative estimate of drug-likeness (QED) is 0.289. The van der Waals surface area contributed by atoms with Crippen molar-refractivity contribution in [3.8, 4) is 0 Å². The Morgan fingerprint density at radius 2 is 2.36 bits per heavy atom. The van der Waals surface area contributed by atoms with E-state index in [1.165, 1.54) is 0 Å². The fourth-order valence-electron chi connectivity index (χ4n) is 0.333. The van der Waals surface area contributed by atoms with Gasteiger partial charge in [0.2, 0.25) is 5.71 Å². The average molecular weight is 159 g/mol. The first-order valence-corrected chi connectivity index (χ1v) is 2.87. The number of nitrogens with two attached hydrogens (primary N) is 1. The van der Waals surface area contributed by atoms with E-state index in [0.717, 1.165) is 0 Å². The Kier molecular flexibility index (Phi) is 3.65. The monoisotopic (exact) mass is 159 g/mol. The molecule has 0 aliphatic heterocycles. The molecule has 0 aliphatic carbocycles. The van der Waals surface area contributed by atoms with Crippen molar-refractivity contribution in [2.45, 2.75) is 6.92 Å². The van der Waals surface area contributed by atoms with Crippen LogP contribution in [0.5, 0.6) is 0 Å². The van der Waals surface area contributed by atoms with Crippen molar-refractivity contribution in [1.82, 2.24) is 0 Å². The second kappa shape index (κ2) is 4.26. The van der Waals surface area contributed by atoms with Gasteiger partial charge in [-0.15, -0.1) is 0 Å². The minimum atomic E-state index is -1.37. The van der Waals surface area contributed by atoms with Gasteiger partial charge in [0.05, 0.1) is 0 Å². The minimum Gasteiger partial charge on any atom is -0.476 e. The first-order valence-electron chi connectivity index (χ1n) is 2.87. The van der Waals surface area contributed by atoms with Gasteiger partial charge in [-0.05, 0) is 6.92 Å². The van der Waals surface area contributed by atoms with E-state index in [1.54, 1.807) is 6.92 Å². The molecule has 0 rings (SSSR count). The summed E-state index contributed by atoms with van der Waals surface area (Å²) >= 11 is 0. The van der Waals surface area contributed by atoms with Crippen LogP contribution in [0.3, 0.4) is 0 Å². The summed E-state index contributed by atoms with van der Waals surface area (Å²) in [6.45, 7) is 1.88. The third-order valence-electron chi connectivity index (χ3n) is 0.743. The molecule has 0 amide bonds. The Balaban J connectivity index is 4.33. The number of oxime groups is 1. The van der Waals surface area contributed by atoms with Gasteiger partial charge < -0.3 is 15.7 Å². The molecule has 0 aromatic heterocycles. The van der Waals surface area contributed by atoms with Crippen LogP contribution in [-0.4, -0.2) is 29.2 Å². The molecule has 0 fully saturated rings. The molecule has 0 aliphatic rings. The lowest BCUT2D eigenvalue weighted by atomic mass is 10.4. The van der Waals surface area contributed by atoms with Crippen LogP contribution in [0.1, 0.15) is 6.92 Å². The number of rotatable bonds is 4. The van der Waals surface area contributed by atoms with Crippen LogP contribution >= 0.6 is 0 Å². The van der Waals surface area contributed by atoms with Crippen molar-refractivity contribution in [3.05, 3.63) is 0 Å². The van der Waals surface area contributed by atoms with E-state index in [4.69, 9.17) is 16.2 Å². The predicted molar refractivity (Wildman–Crippen MR) is 38.6 cm³/mol. The van der Waals surface area contributed by atoms with Crippen LogP contribution in [0.25, 0.3) is 0 Å². The predicted octanol–water partition coefficient (Wildman–Crippen LogP) is -0.601. The molecule has 62 valence electrons. The fourth-order valence-corrected chi connectivity index (χ4v) is 0.333. The van der Waals surface area contributed by atoms with Crippen LogP contribution in [0, 0.1) is 5.41 Å². The number of carboxylic acid groups (broad SMARTS) is 1. The van der Waals surface area contributed by atoms with Gasteiger partial charge >= 0.3 is 5.97 Å². The van der Waals surface area contributed by atoms with Gasteiger partial charge in [-0.2, -0.15) is 0 Å². The second-order valence-electron chi connectivity index (χ2n) is 1.58. The third kappa shape index (κ3) is 3.19. The Morgan fingerprint density at radius 3 is 2.64 bits per heavy atom. The topological polar surface area (TPSA) is 109 Å². The van der Waals surface area contributed by atoms with Crippen molar-refractivity contribution >= 4 is 17.5 Å². The molecule has 0 bridgehead atoms. The average Bonchev–Trinajstić information content (AvgIpc) is 1.87. The number of carboxylic acids is 1. The Hall–Kier alpha value is -1.59. The zero-order valence-electron chi connectivity index (χ0n) is 6.00. The van der Waals surface area contributed by atoms with E-state index >= 15 is 0 Å². The van der Waals surface area contributed by atoms with E-state index < -0.39 is 17.5 Å². The Morgan fingerprint density at radius 1 is 1.82 bits per heavy atom. The molecule has 6 heteroatoms. The molecule has 0 saturated carbocycles. The van der Waals surface area contributed by atoms with Gasteiger partial charge in [0.1, 0.15) is 6.61 Å². The molecule has 6 nitrogen and oxygen atoms in total. The van der Waals surface area contributed by atoms with Crippen molar-refractivity contribution < 1.29 is 14.7 Å². The largest absolute Gasteiger partial charge is 0.476 e. The molecule has 0 unspecified atom stereocenters. The third-order valence-corrected chi connectivity index (χ3v) is 0.743. The second-order valence-corrected chi connectivity index (χ2v) is 1.58. The lowest BCUT2D eigenvalue weighted by Gasteiger charge is -1.96. The normalized spacial score (nSPS) is 10.8. The molecule has 0 radical (unpaired) electrons. The molecule has 0 aromatic rings. The molecular weight excluding hydrogens is 150 g/mol. The molecule has 11 heavy (non-hydrogen) atoms. The molecule has 0 spiro atoms. The number of carbonyl (C=O) groups is 1. The molecule has 0 saturated heterocycles. The number of nitrogens with zero attached hydrogens (tertiary/aromatic N) is 1. The van der Waals surface area contributed by atoms with Crippen LogP contribution in [0.15, 0.2) is 5.16 Å². The Bertz CT molecular complexity index is 183. The highest BCUT2D eigenvalue weighted by Crippen LogP contribution is 1.81. The Labute approximate surface area is 63.1 Å². The summed E-state index contributed by atoms with van der Waals surface area (Å²) in [6, 6.07) is 0. The van der Waals surface area contributed by atoms with Gasteiger partial charge in [0.25, 0.3) is 0 Å². The summed E-state index contributed by atoms with van der Waals surface area (Å²) in [5.74, 6) is -1.99. The molecule has 0 heterocycles. The van der Waals surface area contributed by atoms with Crippen molar-refractivity contribution in [2.24, 2.45) is 10.9 Å². The van der Waals surface area contributed by atoms with Crippen LogP contribution < -0.4 is 5.73 Å². The zero-order valence-corrected chi connectivity index (χ0v) is 6.00. The smallest absolute Gasteiger partial charge is 0.361 e. The number of nitrogens with one attached hydrogen (secondary N) is 1. The summed E-state index contributed by atoms with van der Waals surface area (Å²) in [5, 5.41) is 18.2. The standard InChI is InChI=1S/C5H9N3O3/c1-2-11-8-3(4(6)7)5(9)10/h2H2,1H3,(H3,6,7)(H,9,10)/b8-3+. The number of hydrogen-bond donors (Lipinski definition) is 3. The number of hydrogen-bond acceptors (Lipinski definition) is 4. The summed E-state index contributed by atoms with van der Waals surface area (Å²) in [6.07, 6.45) is 0. The summed E-state index contributed by atoms with van der Waals surface area (Å²) in [5.41, 5.74) is 4.29. The minimum absolute atomic E-state index is 0.240. The highest BCUT2D eigenvalue weighted by Gasteiger charge is 2.13. The van der Waals surface area contributed by atoms with E-state index in [-0.39, 0.29) is 6.61 Å². The van der Waals surface area contributed by atoms with Gasteiger partial charge in [-0.25, -0.2) is 4.79 Å². The summed E-state index contributed by atoms with van der Waals surface area (Å²) < 4.78 is 0. The van der Waals surface area contributed by atoms with Gasteiger partial charge in [-0.3, -0.25) is 5.41 Å². The maximum absolute atomic E-state index is 10.2. The van der Waals surface area contributed by atoms with Crippen molar-refractivity contribution in [1.29, 1.82) is 5.41 Å². The zero-order chi connectivity index (χ0) is 8.85. The molecule has 4 N–H and O–H groups in total. The lowest BCUT2D eigenvalue weighted by Crippen LogP contribution is -2.30. The van der Waals surface area contributed by atoms with Gasteiger partial charge in [0, 0.05) is 0 Å². The van der Waals surface area contributed by atoms with Crippen molar-refractivity contribution in [3.63, 3.8) is 0 Å².